The maximum absolute atomic E-state index is 13.7. The van der Waals surface area contributed by atoms with E-state index in [1.54, 1.807) is 0 Å². The number of halogens is 3. The fourth-order valence-corrected chi connectivity index (χ4v) is 1.90. The number of benzene rings is 2. The minimum Gasteiger partial charge on any atom is -0.399 e. The molecule has 0 aliphatic rings. The number of nitrogen functional groups attached to an aromatic ring is 1. The highest BCUT2D eigenvalue weighted by Gasteiger charge is 2.18. The number of aryl methyl sites for hydroxylation is 1. The molecule has 0 aromatic heterocycles. The predicted molar refractivity (Wildman–Crippen MR) is 70.4 cm³/mol. The molecule has 19 heavy (non-hydrogen) atoms. The summed E-state index contributed by atoms with van der Waals surface area (Å²) in [6, 6.07) is 6.20. The maximum Gasteiger partial charge on any atom is 0.197 e. The van der Waals surface area contributed by atoms with Gasteiger partial charge in [0.15, 0.2) is 5.78 Å². The first-order valence-electron chi connectivity index (χ1n) is 5.45. The van der Waals surface area contributed by atoms with Crippen molar-refractivity contribution in [1.29, 1.82) is 0 Å². The molecule has 98 valence electrons. The van der Waals surface area contributed by atoms with E-state index in [2.05, 4.69) is 0 Å². The number of carbonyl (C=O) groups excluding carboxylic acids is 1. The smallest absolute Gasteiger partial charge is 0.197 e. The summed E-state index contributed by atoms with van der Waals surface area (Å²) in [5, 5.41) is 0.167. The van der Waals surface area contributed by atoms with E-state index in [9.17, 15) is 13.6 Å². The number of ketones is 1. The van der Waals surface area contributed by atoms with Crippen molar-refractivity contribution in [3.05, 3.63) is 63.7 Å². The molecule has 0 saturated carbocycles. The minimum atomic E-state index is -0.924. The lowest BCUT2D eigenvalue weighted by Gasteiger charge is -2.07. The highest BCUT2D eigenvalue weighted by atomic mass is 35.5. The first kappa shape index (κ1) is 13.5. The third kappa shape index (κ3) is 2.58. The molecule has 0 amide bonds. The maximum atomic E-state index is 13.7. The lowest BCUT2D eigenvalue weighted by Crippen LogP contribution is -2.07. The Hall–Kier alpha value is -1.94. The average molecular weight is 282 g/mol. The van der Waals surface area contributed by atoms with Crippen molar-refractivity contribution in [1.82, 2.24) is 0 Å². The Labute approximate surface area is 113 Å². The van der Waals surface area contributed by atoms with Crippen molar-refractivity contribution in [2.75, 3.05) is 5.73 Å². The summed E-state index contributed by atoms with van der Waals surface area (Å²) in [4.78, 5) is 12.2. The molecule has 0 bridgehead atoms. The monoisotopic (exact) mass is 281 g/mol. The van der Waals surface area contributed by atoms with Crippen LogP contribution in [0.5, 0.6) is 0 Å². The molecule has 0 aliphatic heterocycles. The van der Waals surface area contributed by atoms with Gasteiger partial charge in [-0.05, 0) is 36.8 Å². The van der Waals surface area contributed by atoms with Gasteiger partial charge in [0.05, 0.1) is 10.6 Å². The molecule has 0 aliphatic carbocycles. The van der Waals surface area contributed by atoms with Gasteiger partial charge in [0.1, 0.15) is 11.6 Å². The first-order valence-corrected chi connectivity index (χ1v) is 5.83. The molecule has 5 heteroatoms. The van der Waals surface area contributed by atoms with Crippen molar-refractivity contribution in [3.8, 4) is 0 Å². The van der Waals surface area contributed by atoms with E-state index in [-0.39, 0.29) is 21.7 Å². The van der Waals surface area contributed by atoms with Gasteiger partial charge in [-0.1, -0.05) is 11.6 Å². The van der Waals surface area contributed by atoms with E-state index in [0.717, 1.165) is 6.07 Å². The Morgan fingerprint density at radius 3 is 2.47 bits per heavy atom. The Morgan fingerprint density at radius 2 is 1.79 bits per heavy atom. The highest BCUT2D eigenvalue weighted by molar-refractivity contribution is 6.35. The van der Waals surface area contributed by atoms with Crippen LogP contribution in [0.25, 0.3) is 0 Å². The lowest BCUT2D eigenvalue weighted by atomic mass is 10.0. The van der Waals surface area contributed by atoms with Crippen LogP contribution in [0.15, 0.2) is 30.3 Å². The molecule has 0 saturated heterocycles. The fourth-order valence-electron chi connectivity index (χ4n) is 1.69. The molecule has 0 radical (unpaired) electrons. The van der Waals surface area contributed by atoms with E-state index >= 15 is 0 Å². The quantitative estimate of drug-likeness (QED) is 0.673. The van der Waals surface area contributed by atoms with Crippen molar-refractivity contribution < 1.29 is 13.6 Å². The van der Waals surface area contributed by atoms with E-state index in [1.165, 1.54) is 25.1 Å². The van der Waals surface area contributed by atoms with Crippen LogP contribution in [0.2, 0.25) is 5.02 Å². The Morgan fingerprint density at radius 1 is 1.11 bits per heavy atom. The number of nitrogens with two attached hydrogens (primary N) is 1. The summed E-state index contributed by atoms with van der Waals surface area (Å²) in [6.45, 7) is 1.45. The molecule has 0 fully saturated rings. The number of anilines is 1. The van der Waals surface area contributed by atoms with Gasteiger partial charge in [0.25, 0.3) is 0 Å². The number of rotatable bonds is 2. The summed E-state index contributed by atoms with van der Waals surface area (Å²) in [7, 11) is 0. The third-order valence-corrected chi connectivity index (χ3v) is 3.06. The van der Waals surface area contributed by atoms with Gasteiger partial charge < -0.3 is 5.73 Å². The Kier molecular flexibility index (Phi) is 3.53. The predicted octanol–water partition coefficient (Wildman–Crippen LogP) is 3.74. The molecule has 2 rings (SSSR count). The van der Waals surface area contributed by atoms with Crippen molar-refractivity contribution in [2.45, 2.75) is 6.92 Å². The zero-order valence-electron chi connectivity index (χ0n) is 10.0. The largest absolute Gasteiger partial charge is 0.399 e. The molecule has 2 aromatic rings. The second-order valence-corrected chi connectivity index (χ2v) is 4.56. The van der Waals surface area contributed by atoms with Crippen LogP contribution in [0.3, 0.4) is 0 Å². The molecule has 2 nitrogen and oxygen atoms in total. The summed E-state index contributed by atoms with van der Waals surface area (Å²) in [6.07, 6.45) is 0. The van der Waals surface area contributed by atoms with Crippen molar-refractivity contribution in [3.63, 3.8) is 0 Å². The second-order valence-electron chi connectivity index (χ2n) is 4.15. The van der Waals surface area contributed by atoms with Crippen molar-refractivity contribution >= 4 is 23.1 Å². The van der Waals surface area contributed by atoms with Crippen LogP contribution in [-0.2, 0) is 0 Å². The van der Waals surface area contributed by atoms with Crippen LogP contribution >= 0.6 is 11.6 Å². The van der Waals surface area contributed by atoms with Gasteiger partial charge >= 0.3 is 0 Å². The van der Waals surface area contributed by atoms with Crippen LogP contribution < -0.4 is 5.73 Å². The van der Waals surface area contributed by atoms with Gasteiger partial charge in [-0.15, -0.1) is 0 Å². The highest BCUT2D eigenvalue weighted by Crippen LogP contribution is 2.24. The summed E-state index contributed by atoms with van der Waals surface area (Å²) in [5.74, 6) is -2.25. The average Bonchev–Trinajstić information content (AvgIpc) is 2.36. The lowest BCUT2D eigenvalue weighted by molar-refractivity contribution is 0.103. The van der Waals surface area contributed by atoms with Gasteiger partial charge in [0.2, 0.25) is 0 Å². The number of carbonyl (C=O) groups is 1. The van der Waals surface area contributed by atoms with Crippen molar-refractivity contribution in [2.24, 2.45) is 0 Å². The van der Waals surface area contributed by atoms with Crippen LogP contribution in [-0.4, -0.2) is 5.78 Å². The van der Waals surface area contributed by atoms with E-state index < -0.39 is 17.4 Å². The summed E-state index contributed by atoms with van der Waals surface area (Å²) in [5.41, 5.74) is 5.95. The third-order valence-electron chi connectivity index (χ3n) is 2.73. The van der Waals surface area contributed by atoms with Crippen LogP contribution in [0, 0.1) is 18.6 Å². The van der Waals surface area contributed by atoms with E-state index in [0.29, 0.717) is 11.8 Å². The van der Waals surface area contributed by atoms with E-state index in [4.69, 9.17) is 17.3 Å². The Bertz CT molecular complexity index is 671. The molecule has 0 atom stereocenters. The standard InChI is InChI=1S/C14H10ClF2NO/c1-7-4-10(13(17)6-12(7)16)14(19)9-5-8(18)2-3-11(9)15/h2-6H,18H2,1H3. The van der Waals surface area contributed by atoms with Gasteiger partial charge in [0, 0.05) is 17.3 Å². The van der Waals surface area contributed by atoms with Crippen LogP contribution in [0.1, 0.15) is 21.5 Å². The molecule has 0 unspecified atom stereocenters. The Balaban J connectivity index is 2.56. The second kappa shape index (κ2) is 4.97. The van der Waals surface area contributed by atoms with Gasteiger partial charge in [-0.2, -0.15) is 0 Å². The zero-order valence-corrected chi connectivity index (χ0v) is 10.8. The molecule has 2 N–H and O–H groups in total. The van der Waals surface area contributed by atoms with Gasteiger partial charge in [-0.3, -0.25) is 4.79 Å². The molecular formula is C14H10ClF2NO. The van der Waals surface area contributed by atoms with Gasteiger partial charge in [-0.25, -0.2) is 8.78 Å². The number of hydrogen-bond acceptors (Lipinski definition) is 2. The zero-order chi connectivity index (χ0) is 14.2. The first-order chi connectivity index (χ1) is 8.90. The van der Waals surface area contributed by atoms with Crippen LogP contribution in [0.4, 0.5) is 14.5 Å². The molecule has 0 spiro atoms. The SMILES string of the molecule is Cc1cc(C(=O)c2cc(N)ccc2Cl)c(F)cc1F. The fraction of sp³-hybridized carbons (Fsp3) is 0.0714. The minimum absolute atomic E-state index is 0.0894. The molecule has 0 heterocycles. The van der Waals surface area contributed by atoms with E-state index in [1.807, 2.05) is 0 Å². The molecule has 2 aromatic carbocycles. The normalized spacial score (nSPS) is 10.5. The summed E-state index contributed by atoms with van der Waals surface area (Å²) >= 11 is 5.89. The number of hydrogen-bond donors (Lipinski definition) is 1. The summed E-state index contributed by atoms with van der Waals surface area (Å²) < 4.78 is 26.8. The topological polar surface area (TPSA) is 43.1 Å². The molecular weight excluding hydrogens is 272 g/mol.